The molecule has 1 N–H and O–H groups in total. The van der Waals surface area contributed by atoms with Gasteiger partial charge in [-0.25, -0.2) is 13.1 Å². The lowest BCUT2D eigenvalue weighted by Crippen LogP contribution is -2.44. The van der Waals surface area contributed by atoms with E-state index < -0.39 is 22.1 Å². The van der Waals surface area contributed by atoms with Crippen LogP contribution in [0.3, 0.4) is 0 Å². The Bertz CT molecular complexity index is 1280. The first-order chi connectivity index (χ1) is 17.2. The molecule has 1 aliphatic heterocycles. The third-order valence-corrected chi connectivity index (χ3v) is 8.36. The summed E-state index contributed by atoms with van der Waals surface area (Å²) in [6.45, 7) is 0.400. The Morgan fingerprint density at radius 1 is 0.861 bits per heavy atom. The Labute approximate surface area is 208 Å². The maximum Gasteiger partial charge on any atom is 0.573 e. The highest BCUT2D eigenvalue weighted by molar-refractivity contribution is 7.89. The van der Waals surface area contributed by atoms with Crippen molar-refractivity contribution < 1.29 is 31.1 Å². The molecule has 1 fully saturated rings. The van der Waals surface area contributed by atoms with Gasteiger partial charge >= 0.3 is 6.36 Å². The molecule has 9 heteroatoms. The molecule has 190 valence electrons. The van der Waals surface area contributed by atoms with Gasteiger partial charge in [-0.05, 0) is 72.2 Å². The van der Waals surface area contributed by atoms with Gasteiger partial charge in [0.2, 0.25) is 10.0 Å². The second kappa shape index (κ2) is 9.88. The van der Waals surface area contributed by atoms with Gasteiger partial charge in [0, 0.05) is 18.6 Å². The molecule has 2 atom stereocenters. The van der Waals surface area contributed by atoms with Crippen LogP contribution in [0.5, 0.6) is 5.75 Å². The van der Waals surface area contributed by atoms with E-state index in [1.165, 1.54) is 22.3 Å². The van der Waals surface area contributed by atoms with Crippen LogP contribution in [0.4, 0.5) is 13.2 Å². The van der Waals surface area contributed by atoms with Gasteiger partial charge in [0.15, 0.2) is 0 Å². The van der Waals surface area contributed by atoms with E-state index in [4.69, 9.17) is 4.74 Å². The summed E-state index contributed by atoms with van der Waals surface area (Å²) in [6.07, 6.45) is -2.23. The van der Waals surface area contributed by atoms with Gasteiger partial charge < -0.3 is 9.47 Å². The average molecular weight is 518 g/mol. The zero-order chi connectivity index (χ0) is 25.3. The molecule has 2 unspecified atom stereocenters. The number of sulfonamides is 1. The van der Waals surface area contributed by atoms with Gasteiger partial charge in [-0.1, -0.05) is 48.5 Å². The van der Waals surface area contributed by atoms with E-state index in [0.717, 1.165) is 37.1 Å². The Morgan fingerprint density at radius 3 is 2.03 bits per heavy atom. The molecular weight excluding hydrogens is 491 g/mol. The maximum atomic E-state index is 13.0. The number of ether oxygens (including phenoxy) is 2. The largest absolute Gasteiger partial charge is 0.573 e. The first kappa shape index (κ1) is 24.8. The fourth-order valence-corrected chi connectivity index (χ4v) is 6.53. The maximum absolute atomic E-state index is 13.0. The monoisotopic (exact) mass is 517 g/mol. The molecular formula is C27H26F3NO4S. The molecule has 5 nitrogen and oxygen atoms in total. The normalized spacial score (nSPS) is 20.8. The number of hydrogen-bond acceptors (Lipinski definition) is 4. The fraction of sp³-hybridized carbons (Fsp3) is 0.333. The number of alkyl halides is 3. The van der Waals surface area contributed by atoms with Crippen molar-refractivity contribution in [2.45, 2.75) is 55.0 Å². The second-order valence-electron chi connectivity index (χ2n) is 9.15. The summed E-state index contributed by atoms with van der Waals surface area (Å²) in [6, 6.07) is 20.5. The SMILES string of the molecule is O=S(=O)(NC1CCOC(C2c3ccccc3CCc3ccccc32)C1)c1ccc(OC(F)(F)F)cc1. The molecule has 5 rings (SSSR count). The summed E-state index contributed by atoms with van der Waals surface area (Å²) in [5.41, 5.74) is 4.95. The predicted molar refractivity (Wildman–Crippen MR) is 128 cm³/mol. The molecule has 0 bridgehead atoms. The van der Waals surface area contributed by atoms with Crippen molar-refractivity contribution in [3.05, 3.63) is 95.1 Å². The van der Waals surface area contributed by atoms with Crippen LogP contribution in [0.25, 0.3) is 0 Å². The molecule has 0 spiro atoms. The first-order valence-electron chi connectivity index (χ1n) is 11.8. The highest BCUT2D eigenvalue weighted by atomic mass is 32.2. The van der Waals surface area contributed by atoms with Gasteiger partial charge in [-0.15, -0.1) is 13.2 Å². The topological polar surface area (TPSA) is 64.6 Å². The molecule has 2 aliphatic rings. The van der Waals surface area contributed by atoms with Crippen LogP contribution >= 0.6 is 0 Å². The van der Waals surface area contributed by atoms with Crippen LogP contribution < -0.4 is 9.46 Å². The second-order valence-corrected chi connectivity index (χ2v) is 10.9. The Morgan fingerprint density at radius 2 is 1.44 bits per heavy atom. The van der Waals surface area contributed by atoms with Crippen LogP contribution in [0, 0.1) is 0 Å². The number of hydrogen-bond donors (Lipinski definition) is 1. The van der Waals surface area contributed by atoms with Gasteiger partial charge in [0.1, 0.15) is 5.75 Å². The minimum absolute atomic E-state index is 0.0222. The lowest BCUT2D eigenvalue weighted by atomic mass is 9.80. The summed E-state index contributed by atoms with van der Waals surface area (Å²) >= 11 is 0. The van der Waals surface area contributed by atoms with Crippen LogP contribution in [0.1, 0.15) is 41.0 Å². The molecule has 36 heavy (non-hydrogen) atoms. The van der Waals surface area contributed by atoms with Gasteiger partial charge in [0.25, 0.3) is 0 Å². The van der Waals surface area contributed by atoms with E-state index in [1.807, 2.05) is 24.3 Å². The van der Waals surface area contributed by atoms with Crippen molar-refractivity contribution in [3.8, 4) is 5.75 Å². The van der Waals surface area contributed by atoms with Crippen LogP contribution in [0.15, 0.2) is 77.7 Å². The highest BCUT2D eigenvalue weighted by Crippen LogP contribution is 2.40. The molecule has 3 aromatic carbocycles. The molecule has 0 saturated carbocycles. The van der Waals surface area contributed by atoms with Crippen molar-refractivity contribution in [3.63, 3.8) is 0 Å². The van der Waals surface area contributed by atoms with E-state index in [0.29, 0.717) is 19.4 Å². The van der Waals surface area contributed by atoms with Gasteiger partial charge in [-0.3, -0.25) is 0 Å². The molecule has 0 amide bonds. The zero-order valence-electron chi connectivity index (χ0n) is 19.4. The Hall–Kier alpha value is -2.88. The van der Waals surface area contributed by atoms with Crippen molar-refractivity contribution in [1.29, 1.82) is 0 Å². The summed E-state index contributed by atoms with van der Waals surface area (Å²) in [5, 5.41) is 0. The van der Waals surface area contributed by atoms with E-state index in [1.54, 1.807) is 0 Å². The number of benzene rings is 3. The Kier molecular flexibility index (Phi) is 6.80. The molecule has 0 aromatic heterocycles. The molecule has 1 saturated heterocycles. The first-order valence-corrected chi connectivity index (χ1v) is 13.3. The van der Waals surface area contributed by atoms with Crippen molar-refractivity contribution in [1.82, 2.24) is 4.72 Å². The number of fused-ring (bicyclic) bond motifs is 2. The third kappa shape index (κ3) is 5.43. The lowest BCUT2D eigenvalue weighted by Gasteiger charge is -2.36. The summed E-state index contributed by atoms with van der Waals surface area (Å²) in [5.74, 6) is -0.496. The smallest absolute Gasteiger partial charge is 0.406 e. The average Bonchev–Trinajstić information content (AvgIpc) is 3.00. The van der Waals surface area contributed by atoms with E-state index >= 15 is 0 Å². The van der Waals surface area contributed by atoms with Gasteiger partial charge in [-0.2, -0.15) is 0 Å². The van der Waals surface area contributed by atoms with Crippen molar-refractivity contribution >= 4 is 10.0 Å². The van der Waals surface area contributed by atoms with E-state index in [-0.39, 0.29) is 23.0 Å². The standard InChI is InChI=1S/C27H26F3NO4S/c28-27(29,30)35-21-11-13-22(14-12-21)36(32,33)31-20-15-16-34-25(17-20)26-23-7-3-1-5-18(23)9-10-19-6-2-4-8-24(19)26/h1-8,11-14,20,25-26,31H,9-10,15-17H2. The van der Waals surface area contributed by atoms with Crippen LogP contribution in [0.2, 0.25) is 0 Å². The van der Waals surface area contributed by atoms with E-state index in [2.05, 4.69) is 33.7 Å². The molecule has 0 radical (unpaired) electrons. The van der Waals surface area contributed by atoms with E-state index in [9.17, 15) is 21.6 Å². The molecule has 3 aromatic rings. The van der Waals surface area contributed by atoms with Crippen molar-refractivity contribution in [2.75, 3.05) is 6.61 Å². The van der Waals surface area contributed by atoms with Gasteiger partial charge in [0.05, 0.1) is 11.0 Å². The van der Waals surface area contributed by atoms with Crippen LogP contribution in [-0.4, -0.2) is 33.5 Å². The predicted octanol–water partition coefficient (Wildman–Crippen LogP) is 5.34. The zero-order valence-corrected chi connectivity index (χ0v) is 20.2. The minimum atomic E-state index is -4.84. The number of nitrogens with one attached hydrogen (secondary N) is 1. The summed E-state index contributed by atoms with van der Waals surface area (Å²) < 4.78 is 76.1. The number of rotatable bonds is 5. The third-order valence-electron chi connectivity index (χ3n) is 6.82. The number of halogens is 3. The Balaban J connectivity index is 1.37. The summed E-state index contributed by atoms with van der Waals surface area (Å²) in [7, 11) is -3.95. The minimum Gasteiger partial charge on any atom is -0.406 e. The quantitative estimate of drug-likeness (QED) is 0.496. The van der Waals surface area contributed by atoms with Crippen molar-refractivity contribution in [2.24, 2.45) is 0 Å². The lowest BCUT2D eigenvalue weighted by molar-refractivity contribution is -0.274. The number of aryl methyl sites for hydroxylation is 2. The summed E-state index contributed by atoms with van der Waals surface area (Å²) in [4.78, 5) is -0.120. The highest BCUT2D eigenvalue weighted by Gasteiger charge is 2.36. The molecule has 1 aliphatic carbocycles. The fourth-order valence-electron chi connectivity index (χ4n) is 5.24. The van der Waals surface area contributed by atoms with Crippen LogP contribution in [-0.2, 0) is 27.6 Å². The molecule has 1 heterocycles.